The summed E-state index contributed by atoms with van der Waals surface area (Å²) in [6, 6.07) is 14.4. The van der Waals surface area contributed by atoms with Gasteiger partial charge < -0.3 is 15.4 Å². The Morgan fingerprint density at radius 3 is 2.66 bits per heavy atom. The van der Waals surface area contributed by atoms with Crippen molar-refractivity contribution in [3.05, 3.63) is 65.2 Å². The third-order valence-corrected chi connectivity index (χ3v) is 7.80. The van der Waals surface area contributed by atoms with Crippen molar-refractivity contribution in [2.45, 2.75) is 83.5 Å². The van der Waals surface area contributed by atoms with E-state index in [0.29, 0.717) is 24.8 Å². The SMILES string of the molecule is C#CCC[C@H](c1cccc(C(=O)N[C@H]2CC(C)(C)Oc3ccccc32)c1)N1C(=N)N[C@](C)(C(C)C)CC1=O. The van der Waals surface area contributed by atoms with Gasteiger partial charge in [0.2, 0.25) is 5.91 Å². The molecule has 2 aliphatic rings. The van der Waals surface area contributed by atoms with Crippen molar-refractivity contribution in [1.29, 1.82) is 5.41 Å². The zero-order valence-electron chi connectivity index (χ0n) is 22.9. The van der Waals surface area contributed by atoms with Crippen LogP contribution in [0.3, 0.4) is 0 Å². The standard InChI is InChI=1S/C31H38N4O3/c1-7-8-15-25(35-27(36)19-31(6,20(2)3)34-29(35)32)21-12-11-13-22(17-21)28(37)33-24-18-30(4,5)38-26-16-10-9-14-23(24)26/h1,9-14,16-17,20,24-25H,8,15,18-19H2,2-6H3,(H2,32,34)(H,33,37)/t24-,25+,31-/m0/s1. The first kappa shape index (κ1) is 27.3. The molecule has 7 nitrogen and oxygen atoms in total. The number of guanidine groups is 1. The topological polar surface area (TPSA) is 94.5 Å². The zero-order valence-corrected chi connectivity index (χ0v) is 22.9. The number of benzene rings is 2. The third kappa shape index (κ3) is 5.55. The first-order valence-electron chi connectivity index (χ1n) is 13.2. The van der Waals surface area contributed by atoms with E-state index in [0.717, 1.165) is 16.9 Å². The van der Waals surface area contributed by atoms with E-state index in [4.69, 9.17) is 16.6 Å². The molecule has 0 bridgehead atoms. The Morgan fingerprint density at radius 2 is 1.97 bits per heavy atom. The monoisotopic (exact) mass is 514 g/mol. The molecule has 2 aromatic carbocycles. The predicted molar refractivity (Wildman–Crippen MR) is 149 cm³/mol. The summed E-state index contributed by atoms with van der Waals surface area (Å²) in [6.45, 7) is 10.1. The van der Waals surface area contributed by atoms with Crippen molar-refractivity contribution in [3.8, 4) is 18.1 Å². The molecule has 0 spiro atoms. The fourth-order valence-corrected chi connectivity index (χ4v) is 5.30. The summed E-state index contributed by atoms with van der Waals surface area (Å²) in [5, 5.41) is 15.2. The third-order valence-electron chi connectivity index (χ3n) is 7.80. The number of amides is 2. The maximum absolute atomic E-state index is 13.5. The highest BCUT2D eigenvalue weighted by atomic mass is 16.5. The largest absolute Gasteiger partial charge is 0.487 e. The molecule has 0 unspecified atom stereocenters. The number of para-hydroxylation sites is 1. The molecule has 38 heavy (non-hydrogen) atoms. The van der Waals surface area contributed by atoms with Gasteiger partial charge in [-0.1, -0.05) is 44.2 Å². The van der Waals surface area contributed by atoms with Crippen LogP contribution < -0.4 is 15.4 Å². The molecular formula is C31H38N4O3. The lowest BCUT2D eigenvalue weighted by molar-refractivity contribution is -0.133. The molecule has 2 aliphatic heterocycles. The summed E-state index contributed by atoms with van der Waals surface area (Å²) in [6.07, 6.45) is 7.42. The molecule has 1 fully saturated rings. The minimum atomic E-state index is -0.489. The van der Waals surface area contributed by atoms with Crippen LogP contribution in [-0.4, -0.2) is 33.8 Å². The smallest absolute Gasteiger partial charge is 0.251 e. The lowest BCUT2D eigenvalue weighted by Crippen LogP contribution is -2.63. The van der Waals surface area contributed by atoms with Gasteiger partial charge >= 0.3 is 0 Å². The van der Waals surface area contributed by atoms with E-state index in [2.05, 4.69) is 16.6 Å². The van der Waals surface area contributed by atoms with Gasteiger partial charge in [-0.15, -0.1) is 12.3 Å². The molecule has 4 rings (SSSR count). The molecule has 0 radical (unpaired) electrons. The second-order valence-electron chi connectivity index (χ2n) is 11.5. The van der Waals surface area contributed by atoms with Crippen LogP contribution in [0.2, 0.25) is 0 Å². The van der Waals surface area contributed by atoms with Crippen molar-refractivity contribution in [3.63, 3.8) is 0 Å². The maximum Gasteiger partial charge on any atom is 0.251 e. The Kier molecular flexibility index (Phi) is 7.55. The molecule has 2 amide bonds. The molecule has 2 heterocycles. The Balaban J connectivity index is 1.60. The van der Waals surface area contributed by atoms with E-state index in [1.165, 1.54) is 4.90 Å². The summed E-state index contributed by atoms with van der Waals surface area (Å²) < 4.78 is 6.11. The minimum absolute atomic E-state index is 0.0652. The van der Waals surface area contributed by atoms with Gasteiger partial charge in [0.15, 0.2) is 5.96 Å². The van der Waals surface area contributed by atoms with E-state index in [1.54, 1.807) is 6.07 Å². The molecule has 0 saturated carbocycles. The van der Waals surface area contributed by atoms with E-state index >= 15 is 0 Å². The van der Waals surface area contributed by atoms with E-state index in [9.17, 15) is 9.59 Å². The van der Waals surface area contributed by atoms with Crippen LogP contribution in [0.4, 0.5) is 0 Å². The number of hydrogen-bond acceptors (Lipinski definition) is 4. The second kappa shape index (κ2) is 10.5. The number of fused-ring (bicyclic) bond motifs is 1. The quantitative estimate of drug-likeness (QED) is 0.435. The molecule has 7 heteroatoms. The highest BCUT2D eigenvalue weighted by molar-refractivity contribution is 6.00. The predicted octanol–water partition coefficient (Wildman–Crippen LogP) is 5.34. The lowest BCUT2D eigenvalue weighted by atomic mass is 9.82. The fraction of sp³-hybridized carbons (Fsp3) is 0.452. The van der Waals surface area contributed by atoms with Crippen LogP contribution in [0.5, 0.6) is 5.75 Å². The van der Waals surface area contributed by atoms with Crippen LogP contribution in [0.1, 0.15) is 93.9 Å². The second-order valence-corrected chi connectivity index (χ2v) is 11.5. The zero-order chi connectivity index (χ0) is 27.7. The number of carbonyl (C=O) groups excluding carboxylic acids is 2. The summed E-state index contributed by atoms with van der Waals surface area (Å²) in [7, 11) is 0. The Hall–Kier alpha value is -3.79. The van der Waals surface area contributed by atoms with Gasteiger partial charge in [-0.25, -0.2) is 0 Å². The minimum Gasteiger partial charge on any atom is -0.487 e. The molecule has 2 aromatic rings. The summed E-state index contributed by atoms with van der Waals surface area (Å²) >= 11 is 0. The van der Waals surface area contributed by atoms with Gasteiger partial charge in [0.25, 0.3) is 5.91 Å². The summed E-state index contributed by atoms with van der Waals surface area (Å²) in [5.74, 6) is 3.35. The summed E-state index contributed by atoms with van der Waals surface area (Å²) in [5.41, 5.74) is 1.31. The fourth-order valence-electron chi connectivity index (χ4n) is 5.30. The van der Waals surface area contributed by atoms with E-state index in [-0.39, 0.29) is 36.2 Å². The van der Waals surface area contributed by atoms with Gasteiger partial charge in [-0.2, -0.15) is 0 Å². The first-order chi connectivity index (χ1) is 17.9. The highest BCUT2D eigenvalue weighted by Gasteiger charge is 2.43. The number of ether oxygens (including phenoxy) is 1. The van der Waals surface area contributed by atoms with Crippen LogP contribution >= 0.6 is 0 Å². The van der Waals surface area contributed by atoms with Crippen molar-refractivity contribution in [2.75, 3.05) is 0 Å². The van der Waals surface area contributed by atoms with Crippen molar-refractivity contribution < 1.29 is 14.3 Å². The number of rotatable bonds is 7. The van der Waals surface area contributed by atoms with E-state index in [1.807, 2.05) is 77.1 Å². The average molecular weight is 515 g/mol. The van der Waals surface area contributed by atoms with Gasteiger partial charge in [0.05, 0.1) is 18.5 Å². The Bertz CT molecular complexity index is 1260. The molecule has 3 atom stereocenters. The van der Waals surface area contributed by atoms with Crippen LogP contribution in [0.15, 0.2) is 48.5 Å². The average Bonchev–Trinajstić information content (AvgIpc) is 2.84. The Labute approximate surface area is 225 Å². The number of carbonyl (C=O) groups is 2. The number of terminal acetylenes is 1. The molecule has 1 saturated heterocycles. The normalized spacial score (nSPS) is 23.1. The molecule has 3 N–H and O–H groups in total. The van der Waals surface area contributed by atoms with Gasteiger partial charge in [0.1, 0.15) is 11.4 Å². The molecule has 0 aromatic heterocycles. The van der Waals surface area contributed by atoms with Crippen molar-refractivity contribution in [2.24, 2.45) is 5.92 Å². The van der Waals surface area contributed by atoms with E-state index < -0.39 is 17.2 Å². The maximum atomic E-state index is 13.5. The van der Waals surface area contributed by atoms with Gasteiger partial charge in [-0.05, 0) is 56.9 Å². The van der Waals surface area contributed by atoms with Gasteiger partial charge in [0, 0.05) is 29.5 Å². The van der Waals surface area contributed by atoms with Crippen molar-refractivity contribution in [1.82, 2.24) is 15.5 Å². The number of nitrogens with one attached hydrogen (secondary N) is 3. The van der Waals surface area contributed by atoms with Crippen molar-refractivity contribution >= 4 is 17.8 Å². The van der Waals surface area contributed by atoms with Crippen LogP contribution in [0.25, 0.3) is 0 Å². The molecule has 200 valence electrons. The highest BCUT2D eigenvalue weighted by Crippen LogP contribution is 2.39. The molecule has 0 aliphatic carbocycles. The van der Waals surface area contributed by atoms with Crippen LogP contribution in [-0.2, 0) is 4.79 Å². The first-order valence-corrected chi connectivity index (χ1v) is 13.2. The lowest BCUT2D eigenvalue weighted by Gasteiger charge is -2.45. The van der Waals surface area contributed by atoms with Gasteiger partial charge in [-0.3, -0.25) is 19.9 Å². The number of hydrogen-bond donors (Lipinski definition) is 3. The summed E-state index contributed by atoms with van der Waals surface area (Å²) in [4.78, 5) is 28.3. The molecular weight excluding hydrogens is 476 g/mol. The Morgan fingerprint density at radius 1 is 1.24 bits per heavy atom. The number of nitrogens with zero attached hydrogens (tertiary/aromatic N) is 1. The van der Waals surface area contributed by atoms with Crippen LogP contribution in [0, 0.1) is 23.7 Å².